The van der Waals surface area contributed by atoms with Crippen LogP contribution in [-0.4, -0.2) is 14.5 Å². The maximum absolute atomic E-state index is 5.62. The van der Waals surface area contributed by atoms with Crippen molar-refractivity contribution in [2.24, 2.45) is 5.92 Å². The lowest BCUT2D eigenvalue weighted by Crippen LogP contribution is -2.07. The van der Waals surface area contributed by atoms with Crippen LogP contribution in [0.4, 0.5) is 5.82 Å². The van der Waals surface area contributed by atoms with Crippen LogP contribution in [-0.2, 0) is 6.54 Å². The molecule has 0 saturated heterocycles. The molecule has 0 bridgehead atoms. The molecular formula is C14H18N4. The number of aromatic nitrogens is 3. The number of imidazole rings is 1. The van der Waals surface area contributed by atoms with Gasteiger partial charge in [0.1, 0.15) is 5.82 Å². The molecule has 0 aromatic carbocycles. The van der Waals surface area contributed by atoms with Gasteiger partial charge in [-0.2, -0.15) is 0 Å². The lowest BCUT2D eigenvalue weighted by molar-refractivity contribution is 0.459. The van der Waals surface area contributed by atoms with E-state index in [-0.39, 0.29) is 0 Å². The molecule has 18 heavy (non-hydrogen) atoms. The Kier molecular flexibility index (Phi) is 3.00. The standard InChI is InChI=1S/C14H18N4/c15-14-6-5-12(7-17-14)13-8-16-10-18(13)9-11-3-1-2-4-11/h5-8,10-11H,1-4,9H2,(H2,15,17). The van der Waals surface area contributed by atoms with Gasteiger partial charge in [-0.05, 0) is 30.9 Å². The number of anilines is 1. The lowest BCUT2D eigenvalue weighted by atomic mass is 10.1. The zero-order valence-corrected chi connectivity index (χ0v) is 10.4. The summed E-state index contributed by atoms with van der Waals surface area (Å²) in [5.41, 5.74) is 7.83. The quantitative estimate of drug-likeness (QED) is 0.900. The van der Waals surface area contributed by atoms with Crippen LogP contribution in [0.5, 0.6) is 0 Å². The third-order valence-electron chi connectivity index (χ3n) is 3.72. The van der Waals surface area contributed by atoms with Gasteiger partial charge in [-0.3, -0.25) is 0 Å². The molecule has 0 unspecified atom stereocenters. The van der Waals surface area contributed by atoms with Crippen LogP contribution in [0.25, 0.3) is 11.3 Å². The van der Waals surface area contributed by atoms with Gasteiger partial charge in [0.2, 0.25) is 0 Å². The first kappa shape index (κ1) is 11.3. The van der Waals surface area contributed by atoms with E-state index >= 15 is 0 Å². The van der Waals surface area contributed by atoms with Crippen molar-refractivity contribution in [3.63, 3.8) is 0 Å². The Morgan fingerprint density at radius 3 is 2.78 bits per heavy atom. The molecule has 1 aliphatic carbocycles. The summed E-state index contributed by atoms with van der Waals surface area (Å²) in [5, 5.41) is 0. The third-order valence-corrected chi connectivity index (χ3v) is 3.72. The molecule has 0 atom stereocenters. The molecule has 2 aromatic rings. The first-order valence-corrected chi connectivity index (χ1v) is 6.55. The summed E-state index contributed by atoms with van der Waals surface area (Å²) in [6.07, 6.45) is 11.1. The fourth-order valence-electron chi connectivity index (χ4n) is 2.73. The van der Waals surface area contributed by atoms with Crippen molar-refractivity contribution in [2.75, 3.05) is 5.73 Å². The van der Waals surface area contributed by atoms with Crippen LogP contribution in [0.15, 0.2) is 30.9 Å². The van der Waals surface area contributed by atoms with Crippen LogP contribution in [0.2, 0.25) is 0 Å². The largest absolute Gasteiger partial charge is 0.384 e. The van der Waals surface area contributed by atoms with Crippen molar-refractivity contribution in [1.82, 2.24) is 14.5 Å². The van der Waals surface area contributed by atoms with E-state index in [1.54, 1.807) is 0 Å². The number of rotatable bonds is 3. The number of nitrogens with two attached hydrogens (primary N) is 1. The van der Waals surface area contributed by atoms with Crippen molar-refractivity contribution in [1.29, 1.82) is 0 Å². The van der Waals surface area contributed by atoms with Gasteiger partial charge < -0.3 is 10.3 Å². The first-order valence-electron chi connectivity index (χ1n) is 6.55. The van der Waals surface area contributed by atoms with Gasteiger partial charge in [0.05, 0.1) is 18.2 Å². The molecule has 0 spiro atoms. The molecule has 3 rings (SSSR count). The summed E-state index contributed by atoms with van der Waals surface area (Å²) >= 11 is 0. The average Bonchev–Trinajstić information content (AvgIpc) is 3.02. The maximum atomic E-state index is 5.62. The van der Waals surface area contributed by atoms with Crippen molar-refractivity contribution >= 4 is 5.82 Å². The summed E-state index contributed by atoms with van der Waals surface area (Å²) in [6.45, 7) is 1.07. The van der Waals surface area contributed by atoms with Gasteiger partial charge in [0.25, 0.3) is 0 Å². The molecule has 0 radical (unpaired) electrons. The molecule has 1 fully saturated rings. The Morgan fingerprint density at radius 2 is 2.06 bits per heavy atom. The number of nitrogens with zero attached hydrogens (tertiary/aromatic N) is 3. The van der Waals surface area contributed by atoms with Crippen LogP contribution >= 0.6 is 0 Å². The molecule has 2 heterocycles. The predicted molar refractivity (Wildman–Crippen MR) is 71.8 cm³/mol. The van der Waals surface area contributed by atoms with Crippen LogP contribution in [0, 0.1) is 5.92 Å². The molecule has 2 aromatic heterocycles. The minimum absolute atomic E-state index is 0.556. The van der Waals surface area contributed by atoms with Crippen LogP contribution < -0.4 is 5.73 Å². The van der Waals surface area contributed by atoms with E-state index in [9.17, 15) is 0 Å². The molecule has 94 valence electrons. The van der Waals surface area contributed by atoms with E-state index in [0.29, 0.717) is 5.82 Å². The SMILES string of the molecule is Nc1ccc(-c2cncn2CC2CCCC2)cn1. The highest BCUT2D eigenvalue weighted by molar-refractivity contribution is 5.59. The zero-order valence-electron chi connectivity index (χ0n) is 10.4. The molecule has 1 saturated carbocycles. The molecule has 1 aliphatic rings. The van der Waals surface area contributed by atoms with E-state index in [4.69, 9.17) is 5.73 Å². The van der Waals surface area contributed by atoms with Crippen LogP contribution in [0.1, 0.15) is 25.7 Å². The lowest BCUT2D eigenvalue weighted by Gasteiger charge is -2.13. The monoisotopic (exact) mass is 242 g/mol. The Hall–Kier alpha value is -1.84. The maximum Gasteiger partial charge on any atom is 0.123 e. The first-order chi connectivity index (χ1) is 8.83. The van der Waals surface area contributed by atoms with Gasteiger partial charge in [-0.15, -0.1) is 0 Å². The molecule has 0 amide bonds. The highest BCUT2D eigenvalue weighted by Crippen LogP contribution is 2.28. The van der Waals surface area contributed by atoms with Gasteiger partial charge in [0.15, 0.2) is 0 Å². The third kappa shape index (κ3) is 2.23. The summed E-state index contributed by atoms with van der Waals surface area (Å²) in [7, 11) is 0. The van der Waals surface area contributed by atoms with Gasteiger partial charge in [0, 0.05) is 18.3 Å². The second kappa shape index (κ2) is 4.80. The van der Waals surface area contributed by atoms with Gasteiger partial charge >= 0.3 is 0 Å². The highest BCUT2D eigenvalue weighted by atomic mass is 15.0. The van der Waals surface area contributed by atoms with E-state index in [2.05, 4.69) is 14.5 Å². The van der Waals surface area contributed by atoms with Crippen molar-refractivity contribution in [3.8, 4) is 11.3 Å². The number of pyridine rings is 1. The van der Waals surface area contributed by atoms with E-state index < -0.39 is 0 Å². The number of hydrogen-bond donors (Lipinski definition) is 1. The summed E-state index contributed by atoms with van der Waals surface area (Å²) in [4.78, 5) is 8.41. The second-order valence-corrected chi connectivity index (χ2v) is 5.05. The minimum Gasteiger partial charge on any atom is -0.384 e. The minimum atomic E-state index is 0.556. The molecule has 4 heteroatoms. The normalized spacial score (nSPS) is 16.2. The average molecular weight is 242 g/mol. The molecule has 0 aliphatic heterocycles. The van der Waals surface area contributed by atoms with E-state index in [1.165, 1.54) is 25.7 Å². The second-order valence-electron chi connectivity index (χ2n) is 5.05. The number of hydrogen-bond acceptors (Lipinski definition) is 3. The summed E-state index contributed by atoms with van der Waals surface area (Å²) in [5.74, 6) is 1.36. The Morgan fingerprint density at radius 1 is 1.22 bits per heavy atom. The zero-order chi connectivity index (χ0) is 12.4. The molecular weight excluding hydrogens is 224 g/mol. The topological polar surface area (TPSA) is 56.7 Å². The van der Waals surface area contributed by atoms with Crippen molar-refractivity contribution in [3.05, 3.63) is 30.9 Å². The Bertz CT molecular complexity index is 509. The fourth-order valence-corrected chi connectivity index (χ4v) is 2.73. The Labute approximate surface area is 107 Å². The fraction of sp³-hybridized carbons (Fsp3) is 0.429. The molecule has 4 nitrogen and oxygen atoms in total. The Balaban J connectivity index is 1.84. The predicted octanol–water partition coefficient (Wildman–Crippen LogP) is 2.72. The highest BCUT2D eigenvalue weighted by Gasteiger charge is 2.17. The van der Waals surface area contributed by atoms with E-state index in [1.807, 2.05) is 30.9 Å². The van der Waals surface area contributed by atoms with Crippen molar-refractivity contribution in [2.45, 2.75) is 32.2 Å². The summed E-state index contributed by atoms with van der Waals surface area (Å²) in [6, 6.07) is 3.84. The number of nitrogen functional groups attached to an aromatic ring is 1. The van der Waals surface area contributed by atoms with Gasteiger partial charge in [-0.25, -0.2) is 9.97 Å². The van der Waals surface area contributed by atoms with E-state index in [0.717, 1.165) is 23.7 Å². The summed E-state index contributed by atoms with van der Waals surface area (Å²) < 4.78 is 2.24. The molecule has 2 N–H and O–H groups in total. The van der Waals surface area contributed by atoms with Crippen LogP contribution in [0.3, 0.4) is 0 Å². The smallest absolute Gasteiger partial charge is 0.123 e. The van der Waals surface area contributed by atoms with Crippen molar-refractivity contribution < 1.29 is 0 Å². The van der Waals surface area contributed by atoms with Gasteiger partial charge in [-0.1, -0.05) is 12.8 Å².